The van der Waals surface area contributed by atoms with Crippen molar-refractivity contribution in [3.63, 3.8) is 0 Å². The van der Waals surface area contributed by atoms with Gasteiger partial charge in [0, 0.05) is 5.56 Å². The molecule has 0 amide bonds. The van der Waals surface area contributed by atoms with Crippen molar-refractivity contribution >= 4 is 11.8 Å². The zero-order chi connectivity index (χ0) is 17.8. The van der Waals surface area contributed by atoms with E-state index in [1.165, 1.54) is 0 Å². The third-order valence-electron chi connectivity index (χ3n) is 4.27. The average Bonchev–Trinajstić information content (AvgIpc) is 3.00. The minimum atomic E-state index is -0.774. The lowest BCUT2D eigenvalue weighted by molar-refractivity contribution is -0.138. The number of rotatable bonds is 5. The largest absolute Gasteiger partial charge is 0.485 e. The molecule has 4 nitrogen and oxygen atoms in total. The summed E-state index contributed by atoms with van der Waals surface area (Å²) in [7, 11) is 0. The monoisotopic (exact) mass is 336 g/mol. The van der Waals surface area contributed by atoms with Gasteiger partial charge in [-0.3, -0.25) is 4.79 Å². The van der Waals surface area contributed by atoms with Crippen LogP contribution in [0.2, 0.25) is 0 Å². The Morgan fingerprint density at radius 2 is 1.60 bits per heavy atom. The van der Waals surface area contributed by atoms with E-state index >= 15 is 0 Å². The van der Waals surface area contributed by atoms with E-state index in [-0.39, 0.29) is 12.4 Å². The van der Waals surface area contributed by atoms with Gasteiger partial charge in [-0.15, -0.1) is 0 Å². The molecule has 0 saturated carbocycles. The maximum absolute atomic E-state index is 13.0. The number of ether oxygens (including phenoxy) is 2. The highest BCUT2D eigenvalue weighted by atomic mass is 16.5. The summed E-state index contributed by atoms with van der Waals surface area (Å²) in [6.45, 7) is 3.74. The van der Waals surface area contributed by atoms with Gasteiger partial charge < -0.3 is 9.47 Å². The van der Waals surface area contributed by atoms with E-state index in [9.17, 15) is 9.59 Å². The normalized spacial score (nSPS) is 19.4. The van der Waals surface area contributed by atoms with Gasteiger partial charge in [0.25, 0.3) is 0 Å². The minimum Gasteiger partial charge on any atom is -0.485 e. The topological polar surface area (TPSA) is 52.6 Å². The van der Waals surface area contributed by atoms with Gasteiger partial charge in [0.15, 0.2) is 6.10 Å². The van der Waals surface area contributed by atoms with Crippen LogP contribution < -0.4 is 0 Å². The van der Waals surface area contributed by atoms with E-state index in [1.807, 2.05) is 48.5 Å². The Kier molecular flexibility index (Phi) is 4.98. The number of esters is 1. The van der Waals surface area contributed by atoms with Crippen molar-refractivity contribution in [3.8, 4) is 0 Å². The van der Waals surface area contributed by atoms with E-state index in [0.29, 0.717) is 16.9 Å². The van der Waals surface area contributed by atoms with E-state index in [1.54, 1.807) is 26.0 Å². The van der Waals surface area contributed by atoms with Gasteiger partial charge in [0.1, 0.15) is 5.76 Å². The second kappa shape index (κ2) is 7.34. The lowest BCUT2D eigenvalue weighted by atomic mass is 9.84. The number of allylic oxidation sites excluding steroid dienone is 1. The molecule has 2 atom stereocenters. The fraction of sp³-hybridized carbons (Fsp3) is 0.238. The van der Waals surface area contributed by atoms with E-state index in [4.69, 9.17) is 9.47 Å². The average molecular weight is 336 g/mol. The van der Waals surface area contributed by atoms with Gasteiger partial charge in [-0.2, -0.15) is 0 Å². The molecule has 0 spiro atoms. The third kappa shape index (κ3) is 3.33. The second-order valence-electron chi connectivity index (χ2n) is 5.85. The summed E-state index contributed by atoms with van der Waals surface area (Å²) in [5, 5.41) is 0. The second-order valence-corrected chi connectivity index (χ2v) is 5.85. The number of hydrogen-bond acceptors (Lipinski definition) is 4. The van der Waals surface area contributed by atoms with Crippen LogP contribution in [0.25, 0.3) is 0 Å². The van der Waals surface area contributed by atoms with Crippen molar-refractivity contribution in [2.45, 2.75) is 25.9 Å². The Hall–Kier alpha value is -2.88. The SMILES string of the molecule is CCOC(=O)C1=C(C)O[C@H](C(=O)c2ccccc2)[C@@H]1c1ccccc1. The summed E-state index contributed by atoms with van der Waals surface area (Å²) in [5.41, 5.74) is 1.84. The molecule has 0 aromatic heterocycles. The Morgan fingerprint density at radius 3 is 2.20 bits per heavy atom. The smallest absolute Gasteiger partial charge is 0.338 e. The molecule has 0 saturated heterocycles. The first-order valence-electron chi connectivity index (χ1n) is 8.32. The summed E-state index contributed by atoms with van der Waals surface area (Å²) in [4.78, 5) is 25.5. The molecule has 3 rings (SSSR count). The van der Waals surface area contributed by atoms with Gasteiger partial charge in [-0.05, 0) is 19.4 Å². The predicted octanol–water partition coefficient (Wildman–Crippen LogP) is 3.89. The fourth-order valence-corrected chi connectivity index (χ4v) is 3.15. The Balaban J connectivity index is 2.02. The number of ketones is 1. The van der Waals surface area contributed by atoms with Gasteiger partial charge in [-0.1, -0.05) is 60.7 Å². The molecule has 0 aliphatic carbocycles. The van der Waals surface area contributed by atoms with Gasteiger partial charge in [-0.25, -0.2) is 4.79 Å². The molecule has 2 aromatic rings. The first-order chi connectivity index (χ1) is 12.1. The first kappa shape index (κ1) is 17.0. The van der Waals surface area contributed by atoms with Crippen molar-refractivity contribution in [2.75, 3.05) is 6.61 Å². The van der Waals surface area contributed by atoms with Crippen molar-refractivity contribution < 1.29 is 19.1 Å². The van der Waals surface area contributed by atoms with Crippen LogP contribution in [-0.4, -0.2) is 24.5 Å². The number of carbonyl (C=O) groups excluding carboxylic acids is 2. The van der Waals surface area contributed by atoms with Gasteiger partial charge in [0.05, 0.1) is 18.1 Å². The summed E-state index contributed by atoms with van der Waals surface area (Å²) < 4.78 is 11.0. The van der Waals surface area contributed by atoms with Crippen LogP contribution in [-0.2, 0) is 14.3 Å². The fourth-order valence-electron chi connectivity index (χ4n) is 3.15. The molecule has 0 N–H and O–H groups in total. The molecule has 0 radical (unpaired) electrons. The van der Waals surface area contributed by atoms with Crippen LogP contribution in [0, 0.1) is 0 Å². The molecule has 25 heavy (non-hydrogen) atoms. The summed E-state index contributed by atoms with van der Waals surface area (Å²) >= 11 is 0. The van der Waals surface area contributed by atoms with Crippen LogP contribution in [0.4, 0.5) is 0 Å². The van der Waals surface area contributed by atoms with Gasteiger partial charge in [0.2, 0.25) is 5.78 Å². The summed E-state index contributed by atoms with van der Waals surface area (Å²) in [6.07, 6.45) is -0.774. The lowest BCUT2D eigenvalue weighted by Crippen LogP contribution is -2.29. The van der Waals surface area contributed by atoms with Gasteiger partial charge >= 0.3 is 5.97 Å². The molecule has 1 aliphatic rings. The molecule has 0 unspecified atom stereocenters. The molecule has 4 heteroatoms. The molecule has 1 heterocycles. The van der Waals surface area contributed by atoms with Crippen LogP contribution in [0.1, 0.15) is 35.7 Å². The molecule has 0 fully saturated rings. The highest BCUT2D eigenvalue weighted by Crippen LogP contribution is 2.40. The molecule has 1 aliphatic heterocycles. The van der Waals surface area contributed by atoms with Crippen LogP contribution in [0.15, 0.2) is 72.0 Å². The van der Waals surface area contributed by atoms with Crippen molar-refractivity contribution in [1.82, 2.24) is 0 Å². The van der Waals surface area contributed by atoms with Crippen LogP contribution >= 0.6 is 0 Å². The Morgan fingerprint density at radius 1 is 1.00 bits per heavy atom. The minimum absolute atomic E-state index is 0.145. The summed E-state index contributed by atoms with van der Waals surface area (Å²) in [5.74, 6) is -0.611. The number of Topliss-reactive ketones (excluding diaryl/α,β-unsaturated/α-hetero) is 1. The maximum Gasteiger partial charge on any atom is 0.338 e. The van der Waals surface area contributed by atoms with E-state index in [2.05, 4.69) is 0 Å². The maximum atomic E-state index is 13.0. The van der Waals surface area contributed by atoms with Crippen LogP contribution in [0.5, 0.6) is 0 Å². The number of benzene rings is 2. The van der Waals surface area contributed by atoms with Crippen molar-refractivity contribution in [2.24, 2.45) is 0 Å². The highest BCUT2D eigenvalue weighted by Gasteiger charge is 2.44. The lowest BCUT2D eigenvalue weighted by Gasteiger charge is -2.20. The van der Waals surface area contributed by atoms with E-state index in [0.717, 1.165) is 5.56 Å². The van der Waals surface area contributed by atoms with E-state index < -0.39 is 18.0 Å². The standard InChI is InChI=1S/C21H20O4/c1-3-24-21(23)17-14(2)25-20(18(17)15-10-6-4-7-11-15)19(22)16-12-8-5-9-13-16/h4-13,18,20H,3H2,1-2H3/t18-,20+/m1/s1. The predicted molar refractivity (Wildman–Crippen MR) is 94.2 cm³/mol. The van der Waals surface area contributed by atoms with Crippen molar-refractivity contribution in [1.29, 1.82) is 0 Å². The third-order valence-corrected chi connectivity index (χ3v) is 4.27. The molecular formula is C21H20O4. The van der Waals surface area contributed by atoms with Crippen molar-refractivity contribution in [3.05, 3.63) is 83.1 Å². The molecule has 128 valence electrons. The quantitative estimate of drug-likeness (QED) is 0.614. The zero-order valence-electron chi connectivity index (χ0n) is 14.3. The zero-order valence-corrected chi connectivity index (χ0v) is 14.3. The number of hydrogen-bond donors (Lipinski definition) is 0. The first-order valence-corrected chi connectivity index (χ1v) is 8.32. The highest BCUT2D eigenvalue weighted by molar-refractivity contribution is 6.03. The number of carbonyl (C=O) groups is 2. The molecule has 0 bridgehead atoms. The van der Waals surface area contributed by atoms with Crippen LogP contribution in [0.3, 0.4) is 0 Å². The molecule has 2 aromatic carbocycles. The summed E-state index contributed by atoms with van der Waals surface area (Å²) in [6, 6.07) is 18.5. The molecular weight excluding hydrogens is 316 g/mol. The Labute approximate surface area is 147 Å². The Bertz CT molecular complexity index is 793.